The van der Waals surface area contributed by atoms with Gasteiger partial charge in [-0.2, -0.15) is 0 Å². The molecule has 0 fully saturated rings. The average molecular weight is 410 g/mol. The molecule has 3 aromatic carbocycles. The Kier molecular flexibility index (Phi) is 4.50. The van der Waals surface area contributed by atoms with Gasteiger partial charge in [0, 0.05) is 22.9 Å². The number of amides is 1. The van der Waals surface area contributed by atoms with Crippen LogP contribution in [0.2, 0.25) is 0 Å². The van der Waals surface area contributed by atoms with E-state index in [2.05, 4.69) is 4.72 Å². The summed E-state index contributed by atoms with van der Waals surface area (Å²) in [5, 5.41) is 10.4. The van der Waals surface area contributed by atoms with Gasteiger partial charge >= 0.3 is 5.97 Å². The van der Waals surface area contributed by atoms with Gasteiger partial charge in [-0.25, -0.2) is 13.2 Å². The van der Waals surface area contributed by atoms with Crippen LogP contribution in [0.25, 0.3) is 10.8 Å². The van der Waals surface area contributed by atoms with Gasteiger partial charge in [0.25, 0.3) is 5.91 Å². The fraction of sp³-hybridized carbons (Fsp3) is 0.143. The maximum Gasteiger partial charge on any atom is 0.335 e. The zero-order valence-corrected chi connectivity index (χ0v) is 16.4. The molecule has 29 heavy (non-hydrogen) atoms. The van der Waals surface area contributed by atoms with Crippen molar-refractivity contribution in [3.05, 3.63) is 71.3 Å². The third-order valence-electron chi connectivity index (χ3n) is 4.92. The molecule has 0 spiro atoms. The van der Waals surface area contributed by atoms with Gasteiger partial charge in [-0.1, -0.05) is 24.3 Å². The van der Waals surface area contributed by atoms with Crippen LogP contribution in [0.4, 0.5) is 11.4 Å². The van der Waals surface area contributed by atoms with Crippen molar-refractivity contribution in [2.45, 2.75) is 12.7 Å². The van der Waals surface area contributed by atoms with Gasteiger partial charge in [0.15, 0.2) is 0 Å². The van der Waals surface area contributed by atoms with Gasteiger partial charge in [-0.05, 0) is 42.8 Å². The molecule has 0 saturated carbocycles. The lowest BCUT2D eigenvalue weighted by molar-refractivity contribution is 0.0696. The van der Waals surface area contributed by atoms with Crippen LogP contribution >= 0.6 is 0 Å². The number of nitrogens with zero attached hydrogens (tertiary/aromatic N) is 1. The molecule has 0 radical (unpaired) electrons. The van der Waals surface area contributed by atoms with E-state index in [-0.39, 0.29) is 17.2 Å². The smallest absolute Gasteiger partial charge is 0.335 e. The lowest BCUT2D eigenvalue weighted by Crippen LogP contribution is -2.25. The molecule has 1 heterocycles. The molecule has 3 aromatic rings. The highest BCUT2D eigenvalue weighted by Gasteiger charge is 2.29. The Balaban J connectivity index is 1.67. The van der Waals surface area contributed by atoms with Crippen molar-refractivity contribution in [2.24, 2.45) is 0 Å². The Morgan fingerprint density at radius 1 is 1.07 bits per heavy atom. The number of carbonyl (C=O) groups is 2. The van der Waals surface area contributed by atoms with E-state index in [0.717, 1.165) is 11.1 Å². The number of hydrogen-bond acceptors (Lipinski definition) is 4. The minimum absolute atomic E-state index is 0.0911. The number of sulfonamides is 1. The van der Waals surface area contributed by atoms with E-state index in [4.69, 9.17) is 5.11 Å². The Morgan fingerprint density at radius 3 is 2.45 bits per heavy atom. The Bertz CT molecular complexity index is 1250. The summed E-state index contributed by atoms with van der Waals surface area (Å²) in [6.07, 6.45) is 0. The summed E-state index contributed by atoms with van der Waals surface area (Å²) < 4.78 is 28.0. The SMILES string of the molecule is CCN1C(=O)c2cccc3c(NS(=O)(=O)Cc4ccc(C(=O)O)cc4)ccc1c23. The normalized spacial score (nSPS) is 13.1. The van der Waals surface area contributed by atoms with E-state index in [0.29, 0.717) is 28.7 Å². The number of rotatable bonds is 6. The molecule has 4 rings (SSSR count). The zero-order chi connectivity index (χ0) is 20.8. The molecule has 0 bridgehead atoms. The average Bonchev–Trinajstić information content (AvgIpc) is 2.96. The summed E-state index contributed by atoms with van der Waals surface area (Å²) in [5.41, 5.74) is 2.30. The summed E-state index contributed by atoms with van der Waals surface area (Å²) in [6.45, 7) is 2.42. The topological polar surface area (TPSA) is 104 Å². The Hall–Kier alpha value is -3.39. The third kappa shape index (κ3) is 3.31. The van der Waals surface area contributed by atoms with Crippen LogP contribution in [-0.4, -0.2) is 31.9 Å². The first-order valence-corrected chi connectivity index (χ1v) is 10.7. The van der Waals surface area contributed by atoms with E-state index in [1.165, 1.54) is 24.3 Å². The quantitative estimate of drug-likeness (QED) is 0.648. The molecule has 0 atom stereocenters. The molecule has 1 aliphatic heterocycles. The first-order chi connectivity index (χ1) is 13.8. The molecule has 0 aliphatic carbocycles. The summed E-state index contributed by atoms with van der Waals surface area (Å²) >= 11 is 0. The zero-order valence-electron chi connectivity index (χ0n) is 15.5. The first kappa shape index (κ1) is 18.9. The second-order valence-corrected chi connectivity index (χ2v) is 8.50. The van der Waals surface area contributed by atoms with Gasteiger partial charge < -0.3 is 10.0 Å². The molecular formula is C21H18N2O5S. The van der Waals surface area contributed by atoms with Gasteiger partial charge in [0.1, 0.15) is 0 Å². The molecule has 8 heteroatoms. The standard InChI is InChI=1S/C21H18N2O5S/c1-2-23-18-11-10-17(15-4-3-5-16(19(15)18)20(23)24)22-29(27,28)12-13-6-8-14(9-7-13)21(25)26/h3-11,22H,2,12H2,1H3,(H,25,26). The molecule has 0 unspecified atom stereocenters. The van der Waals surface area contributed by atoms with Gasteiger partial charge in [0.2, 0.25) is 10.0 Å². The highest BCUT2D eigenvalue weighted by atomic mass is 32.2. The van der Waals surface area contributed by atoms with Crippen molar-refractivity contribution < 1.29 is 23.1 Å². The number of benzene rings is 3. The van der Waals surface area contributed by atoms with Gasteiger partial charge in [-0.15, -0.1) is 0 Å². The van der Waals surface area contributed by atoms with Crippen LogP contribution in [0.3, 0.4) is 0 Å². The predicted octanol–water partition coefficient (Wildman–Crippen LogP) is 3.46. The fourth-order valence-electron chi connectivity index (χ4n) is 3.62. The Labute approximate surface area is 167 Å². The maximum absolute atomic E-state index is 12.7. The summed E-state index contributed by atoms with van der Waals surface area (Å²) in [7, 11) is -3.75. The molecule has 0 aromatic heterocycles. The number of carboxylic acids is 1. The minimum Gasteiger partial charge on any atom is -0.478 e. The number of carbonyl (C=O) groups excluding carboxylic acids is 1. The Morgan fingerprint density at radius 2 is 1.79 bits per heavy atom. The first-order valence-electron chi connectivity index (χ1n) is 9.01. The van der Waals surface area contributed by atoms with Gasteiger partial charge in [-0.3, -0.25) is 9.52 Å². The van der Waals surface area contributed by atoms with Crippen LogP contribution in [-0.2, 0) is 15.8 Å². The van der Waals surface area contributed by atoms with E-state index in [9.17, 15) is 18.0 Å². The van der Waals surface area contributed by atoms with E-state index < -0.39 is 16.0 Å². The number of carboxylic acid groups (broad SMARTS) is 1. The third-order valence-corrected chi connectivity index (χ3v) is 6.17. The molecule has 0 saturated heterocycles. The summed E-state index contributed by atoms with van der Waals surface area (Å²) in [4.78, 5) is 25.2. The van der Waals surface area contributed by atoms with Crippen molar-refractivity contribution in [1.82, 2.24) is 0 Å². The van der Waals surface area contributed by atoms with Crippen molar-refractivity contribution >= 4 is 44.0 Å². The number of nitrogens with one attached hydrogen (secondary N) is 1. The van der Waals surface area contributed by atoms with E-state index in [1.807, 2.05) is 6.92 Å². The number of hydrogen-bond donors (Lipinski definition) is 2. The van der Waals surface area contributed by atoms with Crippen molar-refractivity contribution in [3.63, 3.8) is 0 Å². The van der Waals surface area contributed by atoms with E-state index >= 15 is 0 Å². The lowest BCUT2D eigenvalue weighted by atomic mass is 10.0. The predicted molar refractivity (Wildman–Crippen MR) is 111 cm³/mol. The molecule has 148 valence electrons. The number of anilines is 2. The second kappa shape index (κ2) is 6.89. The fourth-order valence-corrected chi connectivity index (χ4v) is 4.83. The summed E-state index contributed by atoms with van der Waals surface area (Å²) in [5.74, 6) is -1.46. The largest absolute Gasteiger partial charge is 0.478 e. The highest BCUT2D eigenvalue weighted by molar-refractivity contribution is 7.91. The maximum atomic E-state index is 12.7. The molecule has 7 nitrogen and oxygen atoms in total. The van der Waals surface area contributed by atoms with Crippen LogP contribution in [0.15, 0.2) is 54.6 Å². The highest BCUT2D eigenvalue weighted by Crippen LogP contribution is 2.40. The van der Waals surface area contributed by atoms with Crippen LogP contribution in [0.5, 0.6) is 0 Å². The molecule has 1 aliphatic rings. The van der Waals surface area contributed by atoms with Crippen molar-refractivity contribution in [1.29, 1.82) is 0 Å². The van der Waals surface area contributed by atoms with Crippen molar-refractivity contribution in [2.75, 3.05) is 16.2 Å². The van der Waals surface area contributed by atoms with Crippen LogP contribution < -0.4 is 9.62 Å². The lowest BCUT2D eigenvalue weighted by Gasteiger charge is -2.16. The minimum atomic E-state index is -3.75. The van der Waals surface area contributed by atoms with Crippen molar-refractivity contribution in [3.8, 4) is 0 Å². The molecule has 1 amide bonds. The van der Waals surface area contributed by atoms with Crippen LogP contribution in [0.1, 0.15) is 33.2 Å². The number of aromatic carboxylic acids is 1. The second-order valence-electron chi connectivity index (χ2n) is 6.77. The van der Waals surface area contributed by atoms with Crippen LogP contribution in [0, 0.1) is 0 Å². The van der Waals surface area contributed by atoms with E-state index in [1.54, 1.807) is 35.2 Å². The monoisotopic (exact) mass is 410 g/mol. The molecule has 2 N–H and O–H groups in total. The summed E-state index contributed by atoms with van der Waals surface area (Å²) in [6, 6.07) is 14.4. The molecular weight excluding hydrogens is 392 g/mol. The van der Waals surface area contributed by atoms with Gasteiger partial charge in [0.05, 0.1) is 22.7 Å².